The highest BCUT2D eigenvalue weighted by molar-refractivity contribution is 5.95. The summed E-state index contributed by atoms with van der Waals surface area (Å²) in [5.74, 6) is 6.56. The molecule has 1 spiro atoms. The highest BCUT2D eigenvalue weighted by Gasteiger charge is 2.51. The minimum Gasteiger partial charge on any atom is -0.310 e. The molecule has 0 aromatic heterocycles. The van der Waals surface area contributed by atoms with Gasteiger partial charge in [-0.1, -0.05) is 109 Å². The summed E-state index contributed by atoms with van der Waals surface area (Å²) in [5.41, 5.74) is 14.4. The zero-order valence-corrected chi connectivity index (χ0v) is 27.8. The quantitative estimate of drug-likeness (QED) is 0.173. The summed E-state index contributed by atoms with van der Waals surface area (Å²) in [4.78, 5) is 2.36. The Morgan fingerprint density at radius 1 is 0.423 bits per heavy atom. The molecule has 0 atom stereocenters. The number of anilines is 3. The molecule has 0 radical (unpaired) electrons. The molecular formula is C48H26N4. The molecule has 0 saturated carbocycles. The monoisotopic (exact) mass is 658 g/mol. The van der Waals surface area contributed by atoms with Crippen molar-refractivity contribution in [3.8, 4) is 52.3 Å². The van der Waals surface area contributed by atoms with Crippen molar-refractivity contribution in [1.82, 2.24) is 0 Å². The number of hydrogen-bond acceptors (Lipinski definition) is 4. The van der Waals surface area contributed by atoms with Gasteiger partial charge in [-0.25, -0.2) is 0 Å². The summed E-state index contributed by atoms with van der Waals surface area (Å²) in [6.45, 7) is 0. The number of para-hydroxylation sites is 2. The van der Waals surface area contributed by atoms with E-state index in [0.29, 0.717) is 16.7 Å². The Labute approximate surface area is 302 Å². The van der Waals surface area contributed by atoms with Crippen LogP contribution >= 0.6 is 0 Å². The number of benzene rings is 7. The molecule has 0 amide bonds. The summed E-state index contributed by atoms with van der Waals surface area (Å²) < 4.78 is 0. The lowest BCUT2D eigenvalue weighted by Crippen LogP contribution is -2.36. The Morgan fingerprint density at radius 2 is 0.865 bits per heavy atom. The van der Waals surface area contributed by atoms with Crippen LogP contribution in [0.4, 0.5) is 17.1 Å². The van der Waals surface area contributed by atoms with E-state index in [1.165, 1.54) is 45.5 Å². The number of hydrogen-bond donors (Lipinski definition) is 0. The van der Waals surface area contributed by atoms with Gasteiger partial charge in [-0.15, -0.1) is 0 Å². The maximum Gasteiger partial charge on any atom is 0.0999 e. The molecule has 1 heterocycles. The van der Waals surface area contributed by atoms with Crippen LogP contribution in [0.1, 0.15) is 50.1 Å². The van der Waals surface area contributed by atoms with Crippen LogP contribution in [0, 0.1) is 45.8 Å². The van der Waals surface area contributed by atoms with E-state index in [1.54, 1.807) is 0 Å². The van der Waals surface area contributed by atoms with Gasteiger partial charge >= 0.3 is 0 Å². The molecule has 4 heteroatoms. The molecule has 0 saturated heterocycles. The average Bonchev–Trinajstić information content (AvgIpc) is 3.51. The van der Waals surface area contributed by atoms with Gasteiger partial charge in [0, 0.05) is 22.4 Å². The lowest BCUT2D eigenvalue weighted by atomic mass is 9.64. The molecule has 7 aromatic carbocycles. The van der Waals surface area contributed by atoms with E-state index in [2.05, 4.69) is 150 Å². The highest BCUT2D eigenvalue weighted by atomic mass is 15.2. The Bertz CT molecular complexity index is 2650. The third kappa shape index (κ3) is 4.47. The van der Waals surface area contributed by atoms with Gasteiger partial charge in [0.05, 0.1) is 51.7 Å². The maximum absolute atomic E-state index is 9.71. The van der Waals surface area contributed by atoms with Crippen molar-refractivity contribution >= 4 is 17.1 Å². The Balaban J connectivity index is 1.08. The minimum absolute atomic E-state index is 0.286. The van der Waals surface area contributed by atoms with Crippen LogP contribution in [0.5, 0.6) is 0 Å². The van der Waals surface area contributed by atoms with Gasteiger partial charge in [0.25, 0.3) is 0 Å². The van der Waals surface area contributed by atoms with Gasteiger partial charge in [0.2, 0.25) is 0 Å². The second kappa shape index (κ2) is 12.1. The van der Waals surface area contributed by atoms with Crippen LogP contribution in [0.3, 0.4) is 0 Å². The second-order valence-electron chi connectivity index (χ2n) is 12.9. The predicted octanol–water partition coefficient (Wildman–Crippen LogP) is 10.5. The van der Waals surface area contributed by atoms with E-state index in [-0.39, 0.29) is 5.56 Å². The summed E-state index contributed by atoms with van der Waals surface area (Å²) in [5, 5.41) is 28.7. The number of nitrogens with zero attached hydrogens (tertiary/aromatic N) is 4. The van der Waals surface area contributed by atoms with E-state index in [1.807, 2.05) is 30.3 Å². The zero-order valence-electron chi connectivity index (χ0n) is 27.8. The van der Waals surface area contributed by atoms with Crippen LogP contribution in [0.15, 0.2) is 158 Å². The first-order valence-corrected chi connectivity index (χ1v) is 16.9. The second-order valence-corrected chi connectivity index (χ2v) is 12.9. The Kier molecular flexibility index (Phi) is 7.05. The van der Waals surface area contributed by atoms with Crippen molar-refractivity contribution in [2.75, 3.05) is 4.90 Å². The molecule has 0 bridgehead atoms. The van der Waals surface area contributed by atoms with Gasteiger partial charge in [-0.05, 0) is 99.6 Å². The molecule has 9 rings (SSSR count). The standard InChI is InChI=1S/C48H26N4/c49-29-34-27-36(30-50)47(37(28-34)31-51)35-23-19-32(20-24-35)17-18-33-21-25-38(26-22-33)52-45-15-7-5-13-43(45)48(44-14-6-8-16-46(44)52)41-11-3-1-9-39(41)40-10-2-4-12-42(40)48/h1-16,19-28H. The van der Waals surface area contributed by atoms with Gasteiger partial charge in [-0.3, -0.25) is 0 Å². The Hall–Kier alpha value is -7.63. The summed E-state index contributed by atoms with van der Waals surface area (Å²) in [7, 11) is 0. The number of rotatable bonds is 2. The third-order valence-electron chi connectivity index (χ3n) is 10.2. The molecule has 0 unspecified atom stereocenters. The highest BCUT2D eigenvalue weighted by Crippen LogP contribution is 2.63. The molecule has 2 aliphatic rings. The first kappa shape index (κ1) is 30.4. The van der Waals surface area contributed by atoms with Crippen LogP contribution in [-0.2, 0) is 5.41 Å². The van der Waals surface area contributed by atoms with Crippen LogP contribution in [0.25, 0.3) is 22.3 Å². The van der Waals surface area contributed by atoms with Gasteiger partial charge in [-0.2, -0.15) is 15.8 Å². The first-order chi connectivity index (χ1) is 25.6. The van der Waals surface area contributed by atoms with Crippen molar-refractivity contribution in [2.24, 2.45) is 0 Å². The molecule has 52 heavy (non-hydrogen) atoms. The summed E-state index contributed by atoms with van der Waals surface area (Å²) in [6, 6.07) is 60.4. The van der Waals surface area contributed by atoms with E-state index < -0.39 is 5.41 Å². The molecule has 0 N–H and O–H groups in total. The normalized spacial score (nSPS) is 12.5. The zero-order chi connectivity index (χ0) is 35.2. The number of nitriles is 3. The van der Waals surface area contributed by atoms with Crippen molar-refractivity contribution in [2.45, 2.75) is 5.41 Å². The summed E-state index contributed by atoms with van der Waals surface area (Å²) in [6.07, 6.45) is 0. The first-order valence-electron chi connectivity index (χ1n) is 16.9. The Morgan fingerprint density at radius 3 is 1.35 bits per heavy atom. The van der Waals surface area contributed by atoms with Crippen molar-refractivity contribution in [3.63, 3.8) is 0 Å². The van der Waals surface area contributed by atoms with E-state index >= 15 is 0 Å². The van der Waals surface area contributed by atoms with Crippen molar-refractivity contribution < 1.29 is 0 Å². The fourth-order valence-electron chi connectivity index (χ4n) is 8.09. The average molecular weight is 659 g/mol. The largest absolute Gasteiger partial charge is 0.310 e. The van der Waals surface area contributed by atoms with E-state index in [0.717, 1.165) is 33.8 Å². The number of fused-ring (bicyclic) bond motifs is 9. The van der Waals surface area contributed by atoms with Crippen molar-refractivity contribution in [3.05, 3.63) is 208 Å². The van der Waals surface area contributed by atoms with Crippen LogP contribution in [-0.4, -0.2) is 0 Å². The van der Waals surface area contributed by atoms with E-state index in [9.17, 15) is 15.8 Å². The van der Waals surface area contributed by atoms with Crippen LogP contribution < -0.4 is 4.90 Å². The fraction of sp³-hybridized carbons (Fsp3) is 0.0208. The molecular weight excluding hydrogens is 633 g/mol. The topological polar surface area (TPSA) is 74.6 Å². The van der Waals surface area contributed by atoms with Crippen LogP contribution in [0.2, 0.25) is 0 Å². The third-order valence-corrected chi connectivity index (χ3v) is 10.2. The maximum atomic E-state index is 9.71. The lowest BCUT2D eigenvalue weighted by Gasteiger charge is -2.45. The molecule has 1 aliphatic heterocycles. The van der Waals surface area contributed by atoms with Gasteiger partial charge in [0.15, 0.2) is 0 Å². The SMILES string of the molecule is N#Cc1cc(C#N)c(-c2ccc(C#Cc3ccc(N4c5ccccc5C5(c6ccccc6-c6ccccc65)c5ccccc54)cc3)cc2)c(C#N)c1. The fourth-order valence-corrected chi connectivity index (χ4v) is 8.09. The molecule has 4 nitrogen and oxygen atoms in total. The summed E-state index contributed by atoms with van der Waals surface area (Å²) >= 11 is 0. The predicted molar refractivity (Wildman–Crippen MR) is 204 cm³/mol. The van der Waals surface area contributed by atoms with Gasteiger partial charge in [0.1, 0.15) is 0 Å². The molecule has 0 fully saturated rings. The smallest absolute Gasteiger partial charge is 0.0999 e. The van der Waals surface area contributed by atoms with Gasteiger partial charge < -0.3 is 4.90 Å². The van der Waals surface area contributed by atoms with E-state index in [4.69, 9.17) is 0 Å². The molecule has 1 aliphatic carbocycles. The molecule has 7 aromatic rings. The molecule has 238 valence electrons. The van der Waals surface area contributed by atoms with Crippen molar-refractivity contribution in [1.29, 1.82) is 15.8 Å². The lowest BCUT2D eigenvalue weighted by molar-refractivity contribution is 0.752. The minimum atomic E-state index is -0.440.